The third-order valence-electron chi connectivity index (χ3n) is 5.39. The minimum absolute atomic E-state index is 0.00510. The lowest BCUT2D eigenvalue weighted by Gasteiger charge is -2.30. The van der Waals surface area contributed by atoms with Crippen molar-refractivity contribution in [2.45, 2.75) is 37.8 Å². The first-order valence-electron chi connectivity index (χ1n) is 9.25. The number of alkyl halides is 3. The number of primary amides is 1. The van der Waals surface area contributed by atoms with Gasteiger partial charge >= 0.3 is 6.18 Å². The molecule has 150 valence electrons. The van der Waals surface area contributed by atoms with Crippen molar-refractivity contribution in [2.24, 2.45) is 11.7 Å². The molecule has 0 saturated heterocycles. The van der Waals surface area contributed by atoms with E-state index in [0.29, 0.717) is 23.7 Å². The van der Waals surface area contributed by atoms with Crippen LogP contribution in [0.2, 0.25) is 0 Å². The molecule has 2 aromatic carbocycles. The summed E-state index contributed by atoms with van der Waals surface area (Å²) >= 11 is 0. The fourth-order valence-electron chi connectivity index (χ4n) is 3.84. The summed E-state index contributed by atoms with van der Waals surface area (Å²) in [4.78, 5) is 11.7. The zero-order chi connectivity index (χ0) is 20.3. The Morgan fingerprint density at radius 2 is 1.75 bits per heavy atom. The number of anilines is 1. The van der Waals surface area contributed by atoms with E-state index in [1.54, 1.807) is 18.2 Å². The maximum atomic E-state index is 13.7. The minimum atomic E-state index is -4.52. The van der Waals surface area contributed by atoms with Gasteiger partial charge in [0.2, 0.25) is 5.91 Å². The summed E-state index contributed by atoms with van der Waals surface area (Å²) in [5.74, 6) is -0.812. The van der Waals surface area contributed by atoms with E-state index < -0.39 is 17.6 Å². The van der Waals surface area contributed by atoms with Crippen LogP contribution in [0.4, 0.5) is 23.2 Å². The van der Waals surface area contributed by atoms with Gasteiger partial charge in [-0.25, -0.2) is 4.39 Å². The van der Waals surface area contributed by atoms with Crippen LogP contribution in [0.1, 0.15) is 53.1 Å². The number of benzene rings is 2. The van der Waals surface area contributed by atoms with Gasteiger partial charge in [-0.15, -0.1) is 0 Å². The molecule has 3 N–H and O–H groups in total. The van der Waals surface area contributed by atoms with Gasteiger partial charge in [0, 0.05) is 12.1 Å². The molecule has 3 rings (SSSR count). The second kappa shape index (κ2) is 8.20. The largest absolute Gasteiger partial charge is 0.416 e. The first kappa shape index (κ1) is 20.2. The van der Waals surface area contributed by atoms with Gasteiger partial charge < -0.3 is 11.1 Å². The first-order valence-corrected chi connectivity index (χ1v) is 9.25. The van der Waals surface area contributed by atoms with E-state index in [2.05, 4.69) is 5.32 Å². The summed E-state index contributed by atoms with van der Waals surface area (Å²) in [7, 11) is 0. The van der Waals surface area contributed by atoms with Crippen LogP contribution in [-0.2, 0) is 6.18 Å². The maximum Gasteiger partial charge on any atom is 0.416 e. The van der Waals surface area contributed by atoms with E-state index in [4.69, 9.17) is 5.73 Å². The molecular weight excluding hydrogens is 372 g/mol. The molecule has 0 spiro atoms. The van der Waals surface area contributed by atoms with Crippen molar-refractivity contribution in [3.63, 3.8) is 0 Å². The molecule has 0 unspecified atom stereocenters. The molecule has 1 aliphatic rings. The normalized spacial score (nSPS) is 20.0. The van der Waals surface area contributed by atoms with Crippen molar-refractivity contribution in [2.75, 3.05) is 11.9 Å². The van der Waals surface area contributed by atoms with Crippen molar-refractivity contribution in [3.05, 3.63) is 65.0 Å². The van der Waals surface area contributed by atoms with Gasteiger partial charge in [-0.1, -0.05) is 18.2 Å². The lowest BCUT2D eigenvalue weighted by atomic mass is 9.77. The summed E-state index contributed by atoms with van der Waals surface area (Å²) in [6.45, 7) is 0.628. The highest BCUT2D eigenvalue weighted by molar-refractivity contribution is 5.94. The molecule has 0 atom stereocenters. The number of carbonyl (C=O) groups is 1. The predicted molar refractivity (Wildman–Crippen MR) is 99.6 cm³/mol. The zero-order valence-corrected chi connectivity index (χ0v) is 15.2. The van der Waals surface area contributed by atoms with Crippen LogP contribution in [0.25, 0.3) is 0 Å². The summed E-state index contributed by atoms with van der Waals surface area (Å²) in [6, 6.07) is 9.71. The average Bonchev–Trinajstić information content (AvgIpc) is 2.66. The van der Waals surface area contributed by atoms with Crippen LogP contribution in [0.5, 0.6) is 0 Å². The van der Waals surface area contributed by atoms with Crippen molar-refractivity contribution < 1.29 is 22.4 Å². The van der Waals surface area contributed by atoms with E-state index in [9.17, 15) is 22.4 Å². The van der Waals surface area contributed by atoms with Gasteiger partial charge in [-0.05, 0) is 67.3 Å². The first-order chi connectivity index (χ1) is 13.3. The molecular formula is C21H22F4N2O. The Kier molecular flexibility index (Phi) is 5.91. The van der Waals surface area contributed by atoms with E-state index >= 15 is 0 Å². The Morgan fingerprint density at radius 3 is 2.36 bits per heavy atom. The molecule has 1 fully saturated rings. The number of amides is 1. The summed E-state index contributed by atoms with van der Waals surface area (Å²) in [5.41, 5.74) is 5.46. The van der Waals surface area contributed by atoms with Crippen molar-refractivity contribution in [3.8, 4) is 0 Å². The summed E-state index contributed by atoms with van der Waals surface area (Å²) < 4.78 is 52.4. The number of hydrogen-bond acceptors (Lipinski definition) is 2. The summed E-state index contributed by atoms with van der Waals surface area (Å²) in [6.07, 6.45) is -1.35. The number of para-hydroxylation sites is 1. The van der Waals surface area contributed by atoms with E-state index in [1.807, 2.05) is 0 Å². The monoisotopic (exact) mass is 394 g/mol. The molecule has 1 amide bonds. The van der Waals surface area contributed by atoms with Crippen LogP contribution in [0.3, 0.4) is 0 Å². The SMILES string of the molecule is NC(=O)c1cc(C(F)(F)F)ccc1C1CCC(CNc2ccccc2F)CC1. The highest BCUT2D eigenvalue weighted by atomic mass is 19.4. The third-order valence-corrected chi connectivity index (χ3v) is 5.39. The number of carbonyl (C=O) groups excluding carboxylic acids is 1. The number of rotatable bonds is 5. The molecule has 7 heteroatoms. The molecule has 28 heavy (non-hydrogen) atoms. The van der Waals surface area contributed by atoms with E-state index in [0.717, 1.165) is 37.8 Å². The molecule has 0 aliphatic heterocycles. The van der Waals surface area contributed by atoms with Crippen LogP contribution in [0, 0.1) is 11.7 Å². The lowest BCUT2D eigenvalue weighted by Crippen LogP contribution is -2.23. The van der Waals surface area contributed by atoms with E-state index in [-0.39, 0.29) is 17.3 Å². The number of nitrogens with one attached hydrogen (secondary N) is 1. The van der Waals surface area contributed by atoms with Gasteiger partial charge in [-0.3, -0.25) is 4.79 Å². The maximum absolute atomic E-state index is 13.7. The summed E-state index contributed by atoms with van der Waals surface area (Å²) in [5, 5.41) is 3.12. The molecule has 0 bridgehead atoms. The van der Waals surface area contributed by atoms with Crippen molar-refractivity contribution in [1.82, 2.24) is 0 Å². The Hall–Kier alpha value is -2.57. The Balaban J connectivity index is 1.64. The average molecular weight is 394 g/mol. The highest BCUT2D eigenvalue weighted by Gasteiger charge is 2.33. The quantitative estimate of drug-likeness (QED) is 0.674. The molecule has 1 aliphatic carbocycles. The third kappa shape index (κ3) is 4.64. The number of halogens is 4. The number of hydrogen-bond donors (Lipinski definition) is 2. The standard InChI is InChI=1S/C21H22F4N2O/c22-18-3-1-2-4-19(18)27-12-13-5-7-14(8-6-13)16-10-9-15(21(23,24)25)11-17(16)20(26)28/h1-4,9-11,13-14,27H,5-8,12H2,(H2,26,28). The second-order valence-electron chi connectivity index (χ2n) is 7.24. The zero-order valence-electron chi connectivity index (χ0n) is 15.2. The lowest BCUT2D eigenvalue weighted by molar-refractivity contribution is -0.137. The molecule has 1 saturated carbocycles. The second-order valence-corrected chi connectivity index (χ2v) is 7.24. The topological polar surface area (TPSA) is 55.1 Å². The fourth-order valence-corrected chi connectivity index (χ4v) is 3.84. The van der Waals surface area contributed by atoms with E-state index in [1.165, 1.54) is 12.1 Å². The van der Waals surface area contributed by atoms with Gasteiger partial charge in [0.15, 0.2) is 0 Å². The molecule has 0 radical (unpaired) electrons. The smallest absolute Gasteiger partial charge is 0.382 e. The van der Waals surface area contributed by atoms with Crippen LogP contribution in [0.15, 0.2) is 42.5 Å². The molecule has 0 aromatic heterocycles. The number of nitrogens with two attached hydrogens (primary N) is 1. The van der Waals surface area contributed by atoms with Crippen molar-refractivity contribution in [1.29, 1.82) is 0 Å². The minimum Gasteiger partial charge on any atom is -0.382 e. The van der Waals surface area contributed by atoms with Gasteiger partial charge in [0.25, 0.3) is 0 Å². The Labute approximate surface area is 160 Å². The van der Waals surface area contributed by atoms with Gasteiger partial charge in [-0.2, -0.15) is 13.2 Å². The van der Waals surface area contributed by atoms with Gasteiger partial charge in [0.05, 0.1) is 11.3 Å². The predicted octanol–water partition coefficient (Wildman–Crippen LogP) is 5.33. The van der Waals surface area contributed by atoms with Crippen LogP contribution < -0.4 is 11.1 Å². The van der Waals surface area contributed by atoms with Gasteiger partial charge in [0.1, 0.15) is 5.82 Å². The highest BCUT2D eigenvalue weighted by Crippen LogP contribution is 2.39. The Morgan fingerprint density at radius 1 is 1.07 bits per heavy atom. The molecule has 2 aromatic rings. The van der Waals surface area contributed by atoms with Crippen molar-refractivity contribution >= 4 is 11.6 Å². The molecule has 3 nitrogen and oxygen atoms in total. The Bertz CT molecular complexity index is 843. The molecule has 0 heterocycles. The fraction of sp³-hybridized carbons (Fsp3) is 0.381. The van der Waals surface area contributed by atoms with Crippen LogP contribution in [-0.4, -0.2) is 12.5 Å². The van der Waals surface area contributed by atoms with Crippen LogP contribution >= 0.6 is 0 Å².